The molecule has 6 bridgehead atoms. The van der Waals surface area contributed by atoms with E-state index < -0.39 is 114 Å². The third-order valence-corrected chi connectivity index (χ3v) is 11.9. The maximum atomic E-state index is 13.4. The number of hydrogen-bond donors (Lipinski definition) is 4. The Kier molecular flexibility index (Phi) is 16.3. The van der Waals surface area contributed by atoms with Crippen LogP contribution in [-0.4, -0.2) is 131 Å². The molecule has 3 saturated heterocycles. The number of rotatable bonds is 7. The summed E-state index contributed by atoms with van der Waals surface area (Å²) in [5.74, 6) is -8.02. The lowest BCUT2D eigenvalue weighted by Gasteiger charge is -2.53. The van der Waals surface area contributed by atoms with E-state index in [-0.39, 0.29) is 56.9 Å². The van der Waals surface area contributed by atoms with Crippen molar-refractivity contribution in [3.05, 3.63) is 35.5 Å². The summed E-state index contributed by atoms with van der Waals surface area (Å²) in [7, 11) is 2.40. The van der Waals surface area contributed by atoms with Gasteiger partial charge in [-0.05, 0) is 38.2 Å². The quantitative estimate of drug-likeness (QED) is 0.124. The zero-order valence-electron chi connectivity index (χ0n) is 36.2. The van der Waals surface area contributed by atoms with Crippen molar-refractivity contribution in [3.8, 4) is 0 Å². The van der Waals surface area contributed by atoms with E-state index in [0.29, 0.717) is 12.0 Å². The fourth-order valence-electron chi connectivity index (χ4n) is 8.33. The maximum Gasteiger partial charge on any atom is 0.330 e. The fourth-order valence-corrected chi connectivity index (χ4v) is 8.33. The van der Waals surface area contributed by atoms with Gasteiger partial charge in [-0.25, -0.2) is 9.59 Å². The third kappa shape index (κ3) is 11.8. The van der Waals surface area contributed by atoms with Crippen LogP contribution in [0.15, 0.2) is 35.5 Å². The molecule has 338 valence electrons. The molecule has 0 aliphatic carbocycles. The van der Waals surface area contributed by atoms with Crippen LogP contribution in [-0.2, 0) is 61.9 Å². The first-order chi connectivity index (χ1) is 27.9. The molecule has 0 aromatic carbocycles. The van der Waals surface area contributed by atoms with Gasteiger partial charge in [0.1, 0.15) is 12.2 Å². The van der Waals surface area contributed by atoms with Crippen LogP contribution in [0.1, 0.15) is 113 Å². The Bertz CT molecular complexity index is 1660. The van der Waals surface area contributed by atoms with Gasteiger partial charge in [-0.1, -0.05) is 52.3 Å². The van der Waals surface area contributed by atoms with Gasteiger partial charge in [-0.15, -0.1) is 0 Å². The molecule has 4 N–H and O–H groups in total. The summed E-state index contributed by atoms with van der Waals surface area (Å²) in [4.78, 5) is 64.0. The molecule has 0 aromatic heterocycles. The molecule has 17 heteroatoms. The van der Waals surface area contributed by atoms with Crippen molar-refractivity contribution < 1.29 is 82.3 Å². The molecule has 4 heterocycles. The lowest BCUT2D eigenvalue weighted by molar-refractivity contribution is -0.348. The molecule has 3 fully saturated rings. The van der Waals surface area contributed by atoms with Crippen molar-refractivity contribution in [1.82, 2.24) is 0 Å². The van der Waals surface area contributed by atoms with Gasteiger partial charge >= 0.3 is 29.8 Å². The Morgan fingerprint density at radius 1 is 0.900 bits per heavy atom. The van der Waals surface area contributed by atoms with Crippen molar-refractivity contribution in [3.63, 3.8) is 0 Å². The second kappa shape index (κ2) is 20.0. The molecule has 0 spiro atoms. The highest BCUT2D eigenvalue weighted by Gasteiger charge is 2.59. The molecule has 60 heavy (non-hydrogen) atoms. The number of ether oxygens (including phenoxy) is 8. The van der Waals surface area contributed by atoms with Gasteiger partial charge in [-0.2, -0.15) is 0 Å². The summed E-state index contributed by atoms with van der Waals surface area (Å²) < 4.78 is 46.4. The van der Waals surface area contributed by atoms with Crippen LogP contribution in [0.2, 0.25) is 0 Å². The highest BCUT2D eigenvalue weighted by molar-refractivity contribution is 5.83. The Labute approximate surface area is 351 Å². The number of esters is 5. The van der Waals surface area contributed by atoms with Crippen LogP contribution in [0.5, 0.6) is 0 Å². The van der Waals surface area contributed by atoms with E-state index in [4.69, 9.17) is 37.9 Å². The Balaban J connectivity index is 1.88. The number of carbonyl (C=O) groups is 5. The van der Waals surface area contributed by atoms with E-state index in [9.17, 15) is 44.4 Å². The van der Waals surface area contributed by atoms with Crippen molar-refractivity contribution in [2.45, 2.75) is 179 Å². The minimum atomic E-state index is -2.41. The summed E-state index contributed by atoms with van der Waals surface area (Å²) >= 11 is 0. The Hall–Kier alpha value is -3.71. The lowest BCUT2D eigenvalue weighted by atomic mass is 9.70. The molecule has 4 rings (SSSR count). The van der Waals surface area contributed by atoms with Gasteiger partial charge in [0, 0.05) is 56.6 Å². The van der Waals surface area contributed by atoms with Crippen LogP contribution in [0.25, 0.3) is 0 Å². The minimum Gasteiger partial charge on any atom is -0.466 e. The van der Waals surface area contributed by atoms with Crippen LogP contribution in [0.3, 0.4) is 0 Å². The molecule has 17 nitrogen and oxygen atoms in total. The number of methoxy groups -OCH3 is 2. The molecule has 4 aliphatic heterocycles. The van der Waals surface area contributed by atoms with Crippen molar-refractivity contribution >= 4 is 29.8 Å². The summed E-state index contributed by atoms with van der Waals surface area (Å²) in [5, 5.41) is 47.2. The second-order valence-electron chi connectivity index (χ2n) is 17.5. The van der Waals surface area contributed by atoms with Gasteiger partial charge in [-0.3, -0.25) is 14.4 Å². The minimum absolute atomic E-state index is 0.0876. The Morgan fingerprint density at radius 2 is 1.57 bits per heavy atom. The monoisotopic (exact) mass is 852 g/mol. The standard InChI is InChI=1S/C43H64O17/c1-10-11-35(47)58-34-22-31-19-28(46)20-38(50)57-33(24(2)44)21-30-17-27(18-37(49)54-9)39(55-25(3)45)43(52,60-30)40(4,5)13-12-29-14-26(16-36(48)53-8)15-32(56-29)23-42(51,59-31)41(34,6)7/h12-13,16,18,24,28-34,39,44,46,51-52H,10-11,14-15,17,19-23H2,1-9H3/b13-12+,26-16-,27-18+/t24-,28+,29-,30-,31+,32-,33+,34-,39-,42-,43+/m0/s1. The molecular formula is C43H64O17. The lowest BCUT2D eigenvalue weighted by Crippen LogP contribution is -2.62. The molecule has 0 amide bonds. The van der Waals surface area contributed by atoms with E-state index >= 15 is 0 Å². The first kappa shape index (κ1) is 49.0. The number of fused-ring (bicyclic) bond motifs is 6. The first-order valence-corrected chi connectivity index (χ1v) is 20.6. The van der Waals surface area contributed by atoms with Gasteiger partial charge in [0.15, 0.2) is 11.9 Å². The smallest absolute Gasteiger partial charge is 0.330 e. The van der Waals surface area contributed by atoms with E-state index in [0.717, 1.165) is 20.1 Å². The van der Waals surface area contributed by atoms with E-state index in [1.807, 2.05) is 6.92 Å². The van der Waals surface area contributed by atoms with Crippen molar-refractivity contribution in [2.24, 2.45) is 10.8 Å². The van der Waals surface area contributed by atoms with Crippen LogP contribution >= 0.6 is 0 Å². The average molecular weight is 853 g/mol. The molecule has 11 atom stereocenters. The number of cyclic esters (lactones) is 1. The average Bonchev–Trinajstić information content (AvgIpc) is 3.13. The number of hydrogen-bond acceptors (Lipinski definition) is 17. The summed E-state index contributed by atoms with van der Waals surface area (Å²) in [6.45, 7) is 11.0. The molecule has 0 saturated carbocycles. The third-order valence-electron chi connectivity index (χ3n) is 11.9. The van der Waals surface area contributed by atoms with E-state index in [2.05, 4.69) is 0 Å². The SMILES string of the molecule is CCCC(=O)O[C@H]1C[C@H]2C[C@@H](O)CC(=O)O[C@@H]([C@H](C)O)C[C@@H]3C/C(=C\C(=O)OC)[C@H](OC(C)=O)[C@@](O)(O3)C(C)(C)/C=C/[C@H]3C/C(=C/C(=O)OC)C[C@@H](C[C@](O)(O2)C1(C)C)O3. The van der Waals surface area contributed by atoms with Gasteiger partial charge in [0.25, 0.3) is 0 Å². The second-order valence-corrected chi connectivity index (χ2v) is 17.5. The van der Waals surface area contributed by atoms with Crippen molar-refractivity contribution in [1.29, 1.82) is 0 Å². The first-order valence-electron chi connectivity index (χ1n) is 20.6. The number of carbonyl (C=O) groups excluding carboxylic acids is 5. The normalized spacial score (nSPS) is 37.1. The van der Waals surface area contributed by atoms with Crippen LogP contribution in [0.4, 0.5) is 0 Å². The molecule has 0 aromatic rings. The fraction of sp³-hybridized carbons (Fsp3) is 0.744. The summed E-state index contributed by atoms with van der Waals surface area (Å²) in [6, 6.07) is 0. The maximum absolute atomic E-state index is 13.4. The highest BCUT2D eigenvalue weighted by atomic mass is 16.7. The molecule has 0 unspecified atom stereocenters. The van der Waals surface area contributed by atoms with Gasteiger partial charge in [0.2, 0.25) is 5.79 Å². The predicted molar refractivity (Wildman–Crippen MR) is 210 cm³/mol. The van der Waals surface area contributed by atoms with E-state index in [1.54, 1.807) is 39.8 Å². The summed E-state index contributed by atoms with van der Waals surface area (Å²) in [6.07, 6.45) is -4.32. The predicted octanol–water partition coefficient (Wildman–Crippen LogP) is 3.17. The largest absolute Gasteiger partial charge is 0.466 e. The molecule has 4 aliphatic rings. The van der Waals surface area contributed by atoms with Crippen LogP contribution in [0, 0.1) is 10.8 Å². The van der Waals surface area contributed by atoms with E-state index in [1.165, 1.54) is 20.1 Å². The van der Waals surface area contributed by atoms with Gasteiger partial charge < -0.3 is 58.3 Å². The Morgan fingerprint density at radius 3 is 2.18 bits per heavy atom. The summed E-state index contributed by atoms with van der Waals surface area (Å²) in [5.41, 5.74) is -1.97. The molecule has 0 radical (unpaired) electrons. The molecular weight excluding hydrogens is 788 g/mol. The van der Waals surface area contributed by atoms with Gasteiger partial charge in [0.05, 0.1) is 62.7 Å². The number of aliphatic hydroxyl groups excluding tert-OH is 2. The zero-order chi connectivity index (χ0) is 44.8. The zero-order valence-corrected chi connectivity index (χ0v) is 36.2. The van der Waals surface area contributed by atoms with Crippen LogP contribution < -0.4 is 0 Å². The number of aliphatic hydroxyl groups is 4. The topological polar surface area (TPSA) is 240 Å². The van der Waals surface area contributed by atoms with Crippen molar-refractivity contribution in [2.75, 3.05) is 14.2 Å². The highest BCUT2D eigenvalue weighted by Crippen LogP contribution is 2.50.